The molecule has 20 heavy (non-hydrogen) atoms. The van der Waals surface area contributed by atoms with Gasteiger partial charge in [0.2, 0.25) is 6.54 Å². The van der Waals surface area contributed by atoms with Gasteiger partial charge in [0.15, 0.2) is 5.43 Å². The van der Waals surface area contributed by atoms with Gasteiger partial charge in [-0.1, -0.05) is 19.9 Å². The summed E-state index contributed by atoms with van der Waals surface area (Å²) in [6.45, 7) is 11.9. The minimum atomic E-state index is 0.207. The number of fused-ring (bicyclic) bond motifs is 2. The van der Waals surface area contributed by atoms with E-state index in [1.54, 1.807) is 11.3 Å². The van der Waals surface area contributed by atoms with Crippen LogP contribution in [0.2, 0.25) is 0 Å². The lowest BCUT2D eigenvalue weighted by Gasteiger charge is -2.30. The van der Waals surface area contributed by atoms with E-state index in [9.17, 15) is 4.79 Å². The SMILES string of the molecule is [C-]#[N+]Cc1ccc2c(=O)c3c(sc2c1)CC(C)(C)CC3. The number of benzene rings is 1. The average Bonchev–Trinajstić information content (AvgIpc) is 2.37. The van der Waals surface area contributed by atoms with Crippen molar-refractivity contribution in [3.8, 4) is 0 Å². The predicted molar refractivity (Wildman–Crippen MR) is 84.2 cm³/mol. The summed E-state index contributed by atoms with van der Waals surface area (Å²) < 4.78 is 1.03. The zero-order chi connectivity index (χ0) is 14.3. The molecule has 2 nitrogen and oxygen atoms in total. The topological polar surface area (TPSA) is 21.4 Å². The Morgan fingerprint density at radius 3 is 2.95 bits per heavy atom. The maximum atomic E-state index is 12.6. The molecule has 0 atom stereocenters. The highest BCUT2D eigenvalue weighted by Gasteiger charge is 2.28. The standard InChI is InChI=1S/C17H17NOS/c1-17(2)7-6-13-15(9-17)20-14-8-11(10-18-3)4-5-12(14)16(13)19/h4-5,8H,6-7,9-10H2,1-2H3. The van der Waals surface area contributed by atoms with Crippen LogP contribution in [0.4, 0.5) is 0 Å². The van der Waals surface area contributed by atoms with Crippen molar-refractivity contribution in [3.05, 3.63) is 55.8 Å². The van der Waals surface area contributed by atoms with Gasteiger partial charge in [0, 0.05) is 26.1 Å². The van der Waals surface area contributed by atoms with Crippen LogP contribution in [-0.2, 0) is 19.4 Å². The van der Waals surface area contributed by atoms with Crippen LogP contribution in [0, 0.1) is 12.0 Å². The highest BCUT2D eigenvalue weighted by atomic mass is 32.1. The van der Waals surface area contributed by atoms with E-state index < -0.39 is 0 Å². The molecule has 0 saturated heterocycles. The lowest BCUT2D eigenvalue weighted by Crippen LogP contribution is -2.26. The molecule has 0 spiro atoms. The van der Waals surface area contributed by atoms with Crippen LogP contribution in [-0.4, -0.2) is 0 Å². The Kier molecular flexibility index (Phi) is 3.14. The summed E-state index contributed by atoms with van der Waals surface area (Å²) in [7, 11) is 0. The fourth-order valence-electron chi connectivity index (χ4n) is 2.89. The van der Waals surface area contributed by atoms with Crippen molar-refractivity contribution in [1.82, 2.24) is 0 Å². The van der Waals surface area contributed by atoms with E-state index in [1.165, 1.54) is 4.88 Å². The molecular weight excluding hydrogens is 266 g/mol. The molecule has 0 amide bonds. The largest absolute Gasteiger partial charge is 0.312 e. The molecule has 1 heterocycles. The lowest BCUT2D eigenvalue weighted by molar-refractivity contribution is 0.318. The second-order valence-electron chi connectivity index (χ2n) is 6.32. The smallest absolute Gasteiger partial charge is 0.239 e. The molecule has 1 aliphatic carbocycles. The Hall–Kier alpha value is -1.66. The van der Waals surface area contributed by atoms with E-state index in [0.29, 0.717) is 6.54 Å². The van der Waals surface area contributed by atoms with Crippen LogP contribution in [0.25, 0.3) is 14.9 Å². The number of rotatable bonds is 1. The second kappa shape index (κ2) is 4.71. The van der Waals surface area contributed by atoms with E-state index >= 15 is 0 Å². The Morgan fingerprint density at radius 2 is 2.20 bits per heavy atom. The quantitative estimate of drug-likeness (QED) is 0.719. The maximum Gasteiger partial charge on any atom is 0.239 e. The highest BCUT2D eigenvalue weighted by molar-refractivity contribution is 7.18. The van der Waals surface area contributed by atoms with Crippen LogP contribution < -0.4 is 5.43 Å². The molecule has 1 aromatic carbocycles. The van der Waals surface area contributed by atoms with Crippen LogP contribution in [0.15, 0.2) is 23.0 Å². The van der Waals surface area contributed by atoms with Crippen molar-refractivity contribution < 1.29 is 0 Å². The van der Waals surface area contributed by atoms with Crippen molar-refractivity contribution in [2.24, 2.45) is 5.41 Å². The molecule has 0 bridgehead atoms. The molecule has 1 aromatic heterocycles. The van der Waals surface area contributed by atoms with Gasteiger partial charge in [-0.3, -0.25) is 4.79 Å². The zero-order valence-corrected chi connectivity index (χ0v) is 12.6. The van der Waals surface area contributed by atoms with Gasteiger partial charge < -0.3 is 4.85 Å². The molecule has 3 heteroatoms. The molecule has 102 valence electrons. The van der Waals surface area contributed by atoms with Gasteiger partial charge in [-0.2, -0.15) is 0 Å². The van der Waals surface area contributed by atoms with E-state index in [2.05, 4.69) is 18.7 Å². The fourth-order valence-corrected chi connectivity index (χ4v) is 4.42. The highest BCUT2D eigenvalue weighted by Crippen LogP contribution is 2.37. The van der Waals surface area contributed by atoms with Crippen molar-refractivity contribution in [1.29, 1.82) is 0 Å². The maximum absolute atomic E-state index is 12.6. The van der Waals surface area contributed by atoms with Crippen molar-refractivity contribution in [2.75, 3.05) is 0 Å². The van der Waals surface area contributed by atoms with Gasteiger partial charge in [-0.05, 0) is 36.8 Å². The Bertz CT molecular complexity index is 780. The molecule has 2 aromatic rings. The van der Waals surface area contributed by atoms with Crippen LogP contribution in [0.3, 0.4) is 0 Å². The van der Waals surface area contributed by atoms with Crippen LogP contribution >= 0.6 is 11.3 Å². The monoisotopic (exact) mass is 283 g/mol. The zero-order valence-electron chi connectivity index (χ0n) is 11.8. The minimum Gasteiger partial charge on any atom is -0.312 e. The Balaban J connectivity index is 2.21. The molecule has 0 radical (unpaired) electrons. The first-order valence-corrected chi connectivity index (χ1v) is 7.72. The lowest BCUT2D eigenvalue weighted by atomic mass is 9.77. The third kappa shape index (κ3) is 2.25. The Labute approximate surface area is 122 Å². The van der Waals surface area contributed by atoms with Crippen LogP contribution in [0.1, 0.15) is 36.3 Å². The summed E-state index contributed by atoms with van der Waals surface area (Å²) in [6.07, 6.45) is 2.98. The number of hydrogen-bond donors (Lipinski definition) is 0. The molecule has 3 rings (SSSR count). The summed E-state index contributed by atoms with van der Waals surface area (Å²) in [5.74, 6) is 0. The number of nitrogens with zero attached hydrogens (tertiary/aromatic N) is 1. The van der Waals surface area contributed by atoms with Gasteiger partial charge >= 0.3 is 0 Å². The van der Waals surface area contributed by atoms with Crippen molar-refractivity contribution >= 4 is 21.4 Å². The van der Waals surface area contributed by atoms with E-state index in [-0.39, 0.29) is 10.8 Å². The fraction of sp³-hybridized carbons (Fsp3) is 0.412. The van der Waals surface area contributed by atoms with Gasteiger partial charge in [-0.15, -0.1) is 11.3 Å². The minimum absolute atomic E-state index is 0.207. The summed E-state index contributed by atoms with van der Waals surface area (Å²) in [5, 5.41) is 0.821. The van der Waals surface area contributed by atoms with Gasteiger partial charge in [0.05, 0.1) is 0 Å². The van der Waals surface area contributed by atoms with Gasteiger partial charge in [0.25, 0.3) is 0 Å². The molecule has 0 saturated carbocycles. The normalized spacial score (nSPS) is 16.6. The van der Waals surface area contributed by atoms with Gasteiger partial charge in [-0.25, -0.2) is 6.57 Å². The second-order valence-corrected chi connectivity index (χ2v) is 7.46. The predicted octanol–water partition coefficient (Wildman–Crippen LogP) is 4.20. The summed E-state index contributed by atoms with van der Waals surface area (Å²) in [6, 6.07) is 5.82. The Morgan fingerprint density at radius 1 is 1.40 bits per heavy atom. The van der Waals surface area contributed by atoms with Crippen molar-refractivity contribution in [3.63, 3.8) is 0 Å². The molecular formula is C17H17NOS. The van der Waals surface area contributed by atoms with Crippen LogP contribution in [0.5, 0.6) is 0 Å². The molecule has 0 unspecified atom stereocenters. The van der Waals surface area contributed by atoms with E-state index in [0.717, 1.165) is 40.5 Å². The molecule has 0 fully saturated rings. The summed E-state index contributed by atoms with van der Waals surface area (Å²) >= 11 is 1.74. The third-order valence-electron chi connectivity index (χ3n) is 4.09. The number of hydrogen-bond acceptors (Lipinski definition) is 2. The van der Waals surface area contributed by atoms with E-state index in [1.807, 2.05) is 18.2 Å². The summed E-state index contributed by atoms with van der Waals surface area (Å²) in [5.41, 5.74) is 2.52. The molecule has 0 N–H and O–H groups in total. The third-order valence-corrected chi connectivity index (χ3v) is 5.28. The van der Waals surface area contributed by atoms with Crippen molar-refractivity contribution in [2.45, 2.75) is 39.7 Å². The first-order valence-electron chi connectivity index (χ1n) is 6.91. The molecule has 0 aliphatic heterocycles. The summed E-state index contributed by atoms with van der Waals surface area (Å²) in [4.78, 5) is 17.3. The molecule has 1 aliphatic rings. The van der Waals surface area contributed by atoms with Gasteiger partial charge in [0.1, 0.15) is 0 Å². The van der Waals surface area contributed by atoms with E-state index in [4.69, 9.17) is 6.57 Å². The average molecular weight is 283 g/mol. The first-order chi connectivity index (χ1) is 9.50. The first kappa shape index (κ1) is 13.3.